The van der Waals surface area contributed by atoms with E-state index in [1.54, 1.807) is 23.1 Å². The van der Waals surface area contributed by atoms with Crippen LogP contribution in [0.3, 0.4) is 0 Å². The molecule has 0 atom stereocenters. The lowest BCUT2D eigenvalue weighted by Gasteiger charge is -2.04. The zero-order valence-electron chi connectivity index (χ0n) is 13.7. The Morgan fingerprint density at radius 2 is 1.88 bits per heavy atom. The van der Waals surface area contributed by atoms with E-state index in [4.69, 9.17) is 11.6 Å². The number of carbonyl (C=O) groups is 1. The molecule has 0 aliphatic rings. The number of thioether (sulfide) groups is 1. The highest BCUT2D eigenvalue weighted by Gasteiger charge is 2.09. The molecule has 0 unspecified atom stereocenters. The summed E-state index contributed by atoms with van der Waals surface area (Å²) in [5, 5.41) is 5.58. The number of carbonyl (C=O) groups excluding carboxylic acids is 1. The molecule has 1 amide bonds. The number of rotatable bonds is 6. The molecule has 0 bridgehead atoms. The Balaban J connectivity index is 1.51. The van der Waals surface area contributed by atoms with Crippen LogP contribution in [-0.4, -0.2) is 10.9 Å². The largest absolute Gasteiger partial charge is 0.326 e. The van der Waals surface area contributed by atoms with Crippen LogP contribution < -0.4 is 5.32 Å². The smallest absolute Gasteiger partial charge is 0.230 e. The summed E-state index contributed by atoms with van der Waals surface area (Å²) < 4.78 is 0.966. The fourth-order valence-corrected chi connectivity index (χ4v) is 4.09. The van der Waals surface area contributed by atoms with Gasteiger partial charge >= 0.3 is 0 Å². The predicted octanol–water partition coefficient (Wildman–Crippen LogP) is 5.58. The van der Waals surface area contributed by atoms with Crippen molar-refractivity contribution < 1.29 is 4.79 Å². The number of halogens is 1. The van der Waals surface area contributed by atoms with E-state index < -0.39 is 0 Å². The second-order valence-corrected chi connectivity index (χ2v) is 8.13. The number of benzene rings is 2. The van der Waals surface area contributed by atoms with Crippen LogP contribution >= 0.6 is 34.7 Å². The van der Waals surface area contributed by atoms with Crippen molar-refractivity contribution in [1.82, 2.24) is 4.98 Å². The first-order chi connectivity index (χ1) is 12.1. The monoisotopic (exact) mass is 388 g/mol. The van der Waals surface area contributed by atoms with Crippen LogP contribution in [0.2, 0.25) is 5.02 Å². The normalized spacial score (nSPS) is 10.6. The predicted molar refractivity (Wildman–Crippen MR) is 107 cm³/mol. The molecule has 0 aliphatic carbocycles. The van der Waals surface area contributed by atoms with Gasteiger partial charge in [-0.2, -0.15) is 0 Å². The molecule has 1 heterocycles. The molecule has 0 aliphatic heterocycles. The maximum absolute atomic E-state index is 12.1. The lowest BCUT2D eigenvalue weighted by atomic mass is 10.2. The van der Waals surface area contributed by atoms with Gasteiger partial charge in [-0.1, -0.05) is 53.2 Å². The van der Waals surface area contributed by atoms with Crippen LogP contribution in [0.5, 0.6) is 0 Å². The van der Waals surface area contributed by atoms with Crippen LogP contribution in [0.1, 0.15) is 16.8 Å². The van der Waals surface area contributed by atoms with Gasteiger partial charge in [0.1, 0.15) is 4.34 Å². The lowest BCUT2D eigenvalue weighted by molar-refractivity contribution is -0.115. The molecule has 3 nitrogen and oxygen atoms in total. The maximum atomic E-state index is 12.1. The average molecular weight is 389 g/mol. The van der Waals surface area contributed by atoms with Crippen LogP contribution in [-0.2, 0) is 17.0 Å². The van der Waals surface area contributed by atoms with Gasteiger partial charge in [0.15, 0.2) is 0 Å². The Morgan fingerprint density at radius 3 is 2.60 bits per heavy atom. The molecule has 2 aromatic carbocycles. The van der Waals surface area contributed by atoms with E-state index in [1.165, 1.54) is 11.1 Å². The molecule has 1 aromatic heterocycles. The van der Waals surface area contributed by atoms with Crippen molar-refractivity contribution in [3.63, 3.8) is 0 Å². The number of nitrogens with zero attached hydrogens (tertiary/aromatic N) is 1. The third kappa shape index (κ3) is 5.59. The molecular weight excluding hydrogens is 372 g/mol. The minimum absolute atomic E-state index is 0.0524. The zero-order chi connectivity index (χ0) is 17.6. The SMILES string of the molecule is Cc1ccc(NC(=O)Cc2csc(SCc3ccc(Cl)cc3)n2)cc1. The number of nitrogens with one attached hydrogen (secondary N) is 1. The number of hydrogen-bond acceptors (Lipinski definition) is 4. The summed E-state index contributed by atoms with van der Waals surface area (Å²) in [4.78, 5) is 16.7. The molecule has 3 aromatic rings. The Kier molecular flexibility index (Phi) is 6.13. The standard InChI is InChI=1S/C19H17ClN2OS2/c1-13-2-8-16(9-3-13)21-18(23)10-17-12-25-19(22-17)24-11-14-4-6-15(20)7-5-14/h2-9,12H,10-11H2,1H3,(H,21,23). The Hall–Kier alpha value is -1.82. The molecule has 3 rings (SSSR count). The van der Waals surface area contributed by atoms with Crippen molar-refractivity contribution in [3.05, 3.63) is 75.8 Å². The Bertz CT molecular complexity index is 845. The maximum Gasteiger partial charge on any atom is 0.230 e. The van der Waals surface area contributed by atoms with Gasteiger partial charge in [-0.3, -0.25) is 4.79 Å². The van der Waals surface area contributed by atoms with E-state index in [-0.39, 0.29) is 12.3 Å². The van der Waals surface area contributed by atoms with Crippen LogP contribution in [0.4, 0.5) is 5.69 Å². The average Bonchev–Trinajstić information content (AvgIpc) is 3.04. The van der Waals surface area contributed by atoms with Crippen LogP contribution in [0.25, 0.3) is 0 Å². The number of hydrogen-bond donors (Lipinski definition) is 1. The second-order valence-electron chi connectivity index (χ2n) is 5.61. The van der Waals surface area contributed by atoms with Gasteiger partial charge in [-0.05, 0) is 36.8 Å². The van der Waals surface area contributed by atoms with Crippen LogP contribution in [0.15, 0.2) is 58.3 Å². The summed E-state index contributed by atoms with van der Waals surface area (Å²) in [7, 11) is 0. The first-order valence-electron chi connectivity index (χ1n) is 7.77. The fraction of sp³-hybridized carbons (Fsp3) is 0.158. The molecule has 25 heavy (non-hydrogen) atoms. The quantitative estimate of drug-likeness (QED) is 0.560. The van der Waals surface area contributed by atoms with E-state index in [0.717, 1.165) is 26.5 Å². The number of aryl methyl sites for hydroxylation is 1. The fourth-order valence-electron chi connectivity index (χ4n) is 2.17. The summed E-state index contributed by atoms with van der Waals surface area (Å²) in [6, 6.07) is 15.6. The van der Waals surface area contributed by atoms with Crippen molar-refractivity contribution >= 4 is 46.3 Å². The summed E-state index contributed by atoms with van der Waals surface area (Å²) in [5.41, 5.74) is 3.97. The molecular formula is C19H17ClN2OS2. The summed E-state index contributed by atoms with van der Waals surface area (Å²) >= 11 is 9.12. The molecule has 6 heteroatoms. The van der Waals surface area contributed by atoms with Crippen molar-refractivity contribution in [3.8, 4) is 0 Å². The molecule has 0 radical (unpaired) electrons. The number of amides is 1. The minimum atomic E-state index is -0.0524. The molecule has 1 N–H and O–H groups in total. The van der Waals surface area contributed by atoms with E-state index in [1.807, 2.05) is 60.8 Å². The zero-order valence-corrected chi connectivity index (χ0v) is 16.0. The van der Waals surface area contributed by atoms with E-state index in [0.29, 0.717) is 0 Å². The van der Waals surface area contributed by atoms with Gasteiger partial charge in [-0.25, -0.2) is 4.98 Å². The van der Waals surface area contributed by atoms with Gasteiger partial charge in [0.2, 0.25) is 5.91 Å². The van der Waals surface area contributed by atoms with Crippen molar-refractivity contribution in [2.24, 2.45) is 0 Å². The van der Waals surface area contributed by atoms with Gasteiger partial charge < -0.3 is 5.32 Å². The van der Waals surface area contributed by atoms with Gasteiger partial charge in [0.25, 0.3) is 0 Å². The third-order valence-electron chi connectivity index (χ3n) is 3.48. The van der Waals surface area contributed by atoms with Gasteiger partial charge in [0.05, 0.1) is 12.1 Å². The number of thiazole rings is 1. The summed E-state index contributed by atoms with van der Waals surface area (Å²) in [6.07, 6.45) is 0.284. The highest BCUT2D eigenvalue weighted by atomic mass is 35.5. The first kappa shape index (κ1) is 18.0. The second kappa shape index (κ2) is 8.52. The number of aromatic nitrogens is 1. The highest BCUT2D eigenvalue weighted by Crippen LogP contribution is 2.27. The topological polar surface area (TPSA) is 42.0 Å². The molecule has 128 valence electrons. The molecule has 0 saturated carbocycles. The van der Waals surface area contributed by atoms with Gasteiger partial charge in [-0.15, -0.1) is 11.3 Å². The summed E-state index contributed by atoms with van der Waals surface area (Å²) in [6.45, 7) is 2.02. The lowest BCUT2D eigenvalue weighted by Crippen LogP contribution is -2.14. The Labute approximate surface area is 160 Å². The van der Waals surface area contributed by atoms with Crippen molar-refractivity contribution in [2.45, 2.75) is 23.4 Å². The third-order valence-corrected chi connectivity index (χ3v) is 5.88. The summed E-state index contributed by atoms with van der Waals surface area (Å²) in [5.74, 6) is 0.781. The van der Waals surface area contributed by atoms with E-state index in [2.05, 4.69) is 10.3 Å². The highest BCUT2D eigenvalue weighted by molar-refractivity contribution is 8.00. The van der Waals surface area contributed by atoms with Crippen LogP contribution in [0, 0.1) is 6.92 Å². The first-order valence-corrected chi connectivity index (χ1v) is 10.0. The Morgan fingerprint density at radius 1 is 1.16 bits per heavy atom. The minimum Gasteiger partial charge on any atom is -0.326 e. The molecule has 0 saturated heterocycles. The van der Waals surface area contributed by atoms with Gasteiger partial charge in [0, 0.05) is 21.8 Å². The van der Waals surface area contributed by atoms with E-state index >= 15 is 0 Å². The van der Waals surface area contributed by atoms with E-state index in [9.17, 15) is 4.79 Å². The number of anilines is 1. The molecule has 0 fully saturated rings. The molecule has 0 spiro atoms. The van der Waals surface area contributed by atoms with Crippen molar-refractivity contribution in [1.29, 1.82) is 0 Å². The van der Waals surface area contributed by atoms with Crippen molar-refractivity contribution in [2.75, 3.05) is 5.32 Å².